The minimum Gasteiger partial charge on any atom is -0.356 e. The number of hydrogen-bond acceptors (Lipinski definition) is 1. The van der Waals surface area contributed by atoms with Gasteiger partial charge >= 0.3 is 0 Å². The molecule has 2 rings (SSSR count). The fraction of sp³-hybridized carbons (Fsp3) is 0.500. The zero-order valence-electron chi connectivity index (χ0n) is 11.0. The SMILES string of the molecule is CN=C(NCC1CC1)N(C)Cc1cccc(Cl)c1. The summed E-state index contributed by atoms with van der Waals surface area (Å²) in [7, 11) is 3.87. The molecule has 4 heteroatoms. The summed E-state index contributed by atoms with van der Waals surface area (Å²) in [5.41, 5.74) is 1.19. The van der Waals surface area contributed by atoms with Gasteiger partial charge < -0.3 is 10.2 Å². The second kappa shape index (κ2) is 6.10. The van der Waals surface area contributed by atoms with Crippen LogP contribution in [0.4, 0.5) is 0 Å². The molecule has 0 saturated heterocycles. The number of rotatable bonds is 4. The molecule has 1 aromatic carbocycles. The fourth-order valence-corrected chi connectivity index (χ4v) is 2.14. The quantitative estimate of drug-likeness (QED) is 0.670. The van der Waals surface area contributed by atoms with Crippen molar-refractivity contribution in [3.8, 4) is 0 Å². The monoisotopic (exact) mass is 265 g/mol. The molecule has 0 spiro atoms. The zero-order chi connectivity index (χ0) is 13.0. The first-order valence-electron chi connectivity index (χ1n) is 6.35. The minimum atomic E-state index is 0.779. The number of aliphatic imine (C=N–C) groups is 1. The molecular formula is C14H20ClN3. The average molecular weight is 266 g/mol. The maximum atomic E-state index is 5.99. The van der Waals surface area contributed by atoms with Crippen molar-refractivity contribution in [3.05, 3.63) is 34.9 Å². The van der Waals surface area contributed by atoms with Crippen LogP contribution in [0.15, 0.2) is 29.3 Å². The molecule has 1 saturated carbocycles. The molecule has 0 aliphatic heterocycles. The van der Waals surface area contributed by atoms with Crippen LogP contribution in [0.1, 0.15) is 18.4 Å². The molecule has 1 aliphatic rings. The lowest BCUT2D eigenvalue weighted by atomic mass is 10.2. The van der Waals surface area contributed by atoms with Gasteiger partial charge in [0.25, 0.3) is 0 Å². The fourth-order valence-electron chi connectivity index (χ4n) is 1.93. The molecule has 0 aromatic heterocycles. The number of benzene rings is 1. The van der Waals surface area contributed by atoms with E-state index in [1.807, 2.05) is 32.3 Å². The van der Waals surface area contributed by atoms with E-state index in [2.05, 4.69) is 21.3 Å². The van der Waals surface area contributed by atoms with Crippen LogP contribution in [0.3, 0.4) is 0 Å². The summed E-state index contributed by atoms with van der Waals surface area (Å²) in [5, 5.41) is 4.19. The maximum Gasteiger partial charge on any atom is 0.193 e. The Kier molecular flexibility index (Phi) is 4.48. The Morgan fingerprint density at radius 3 is 2.89 bits per heavy atom. The first-order valence-corrected chi connectivity index (χ1v) is 6.73. The number of halogens is 1. The van der Waals surface area contributed by atoms with Crippen LogP contribution in [0.25, 0.3) is 0 Å². The number of guanidine groups is 1. The summed E-state index contributed by atoms with van der Waals surface area (Å²) in [5.74, 6) is 1.79. The molecule has 3 nitrogen and oxygen atoms in total. The van der Waals surface area contributed by atoms with E-state index in [9.17, 15) is 0 Å². The smallest absolute Gasteiger partial charge is 0.193 e. The lowest BCUT2D eigenvalue weighted by Crippen LogP contribution is -2.39. The van der Waals surface area contributed by atoms with Crippen LogP contribution in [0, 0.1) is 5.92 Å². The third-order valence-electron chi connectivity index (χ3n) is 3.13. The Morgan fingerprint density at radius 2 is 2.28 bits per heavy atom. The summed E-state index contributed by atoms with van der Waals surface area (Å²) >= 11 is 5.99. The van der Waals surface area contributed by atoms with E-state index in [4.69, 9.17) is 11.6 Å². The van der Waals surface area contributed by atoms with E-state index in [0.717, 1.165) is 30.0 Å². The molecule has 18 heavy (non-hydrogen) atoms. The average Bonchev–Trinajstić information content (AvgIpc) is 3.14. The molecular weight excluding hydrogens is 246 g/mol. The van der Waals surface area contributed by atoms with Crippen molar-refractivity contribution in [2.75, 3.05) is 20.6 Å². The van der Waals surface area contributed by atoms with Crippen LogP contribution in [0.5, 0.6) is 0 Å². The second-order valence-corrected chi connectivity index (χ2v) is 5.29. The van der Waals surface area contributed by atoms with Crippen LogP contribution in [0.2, 0.25) is 5.02 Å². The van der Waals surface area contributed by atoms with Gasteiger partial charge in [0.15, 0.2) is 5.96 Å². The van der Waals surface area contributed by atoms with E-state index < -0.39 is 0 Å². The number of nitrogens with zero attached hydrogens (tertiary/aromatic N) is 2. The van der Waals surface area contributed by atoms with Crippen molar-refractivity contribution in [1.82, 2.24) is 10.2 Å². The van der Waals surface area contributed by atoms with Crippen molar-refractivity contribution in [2.24, 2.45) is 10.9 Å². The lowest BCUT2D eigenvalue weighted by molar-refractivity contribution is 0.474. The Labute approximate surface area is 114 Å². The van der Waals surface area contributed by atoms with Gasteiger partial charge in [-0.2, -0.15) is 0 Å². The van der Waals surface area contributed by atoms with E-state index in [0.29, 0.717) is 0 Å². The summed E-state index contributed by atoms with van der Waals surface area (Å²) in [6.07, 6.45) is 2.70. The second-order valence-electron chi connectivity index (χ2n) is 4.86. The maximum absolute atomic E-state index is 5.99. The van der Waals surface area contributed by atoms with E-state index in [1.54, 1.807) is 0 Å². The lowest BCUT2D eigenvalue weighted by Gasteiger charge is -2.22. The van der Waals surface area contributed by atoms with Crippen LogP contribution in [-0.4, -0.2) is 31.5 Å². The first-order chi connectivity index (χ1) is 8.69. The van der Waals surface area contributed by atoms with Crippen molar-refractivity contribution in [3.63, 3.8) is 0 Å². The standard InChI is InChI=1S/C14H20ClN3/c1-16-14(17-9-11-6-7-11)18(2)10-12-4-3-5-13(15)8-12/h3-5,8,11H,6-7,9-10H2,1-2H3,(H,16,17). The van der Waals surface area contributed by atoms with E-state index in [-0.39, 0.29) is 0 Å². The van der Waals surface area contributed by atoms with Gasteiger partial charge in [-0.25, -0.2) is 0 Å². The third-order valence-corrected chi connectivity index (χ3v) is 3.36. The number of hydrogen-bond donors (Lipinski definition) is 1. The zero-order valence-corrected chi connectivity index (χ0v) is 11.7. The Bertz CT molecular complexity index is 427. The molecule has 98 valence electrons. The van der Waals surface area contributed by atoms with Crippen molar-refractivity contribution in [2.45, 2.75) is 19.4 Å². The highest BCUT2D eigenvalue weighted by Gasteiger charge is 2.21. The Hall–Kier alpha value is -1.22. The van der Waals surface area contributed by atoms with Crippen LogP contribution < -0.4 is 5.32 Å². The molecule has 1 aliphatic carbocycles. The minimum absolute atomic E-state index is 0.779. The van der Waals surface area contributed by atoms with Gasteiger partial charge in [0, 0.05) is 32.2 Å². The summed E-state index contributed by atoms with van der Waals surface area (Å²) < 4.78 is 0. The van der Waals surface area contributed by atoms with Gasteiger partial charge in [-0.1, -0.05) is 23.7 Å². The molecule has 0 heterocycles. The van der Waals surface area contributed by atoms with Gasteiger partial charge in [-0.15, -0.1) is 0 Å². The van der Waals surface area contributed by atoms with E-state index >= 15 is 0 Å². The molecule has 0 unspecified atom stereocenters. The van der Waals surface area contributed by atoms with Crippen LogP contribution >= 0.6 is 11.6 Å². The predicted molar refractivity (Wildman–Crippen MR) is 77.0 cm³/mol. The molecule has 0 bridgehead atoms. The third kappa shape index (κ3) is 3.91. The topological polar surface area (TPSA) is 27.6 Å². The largest absolute Gasteiger partial charge is 0.356 e. The van der Waals surface area contributed by atoms with Gasteiger partial charge in [0.05, 0.1) is 0 Å². The van der Waals surface area contributed by atoms with Gasteiger partial charge in [0.1, 0.15) is 0 Å². The normalized spacial score (nSPS) is 15.6. The van der Waals surface area contributed by atoms with Crippen molar-refractivity contribution < 1.29 is 0 Å². The summed E-state index contributed by atoms with van der Waals surface area (Å²) in [6, 6.07) is 7.94. The molecule has 1 aromatic rings. The molecule has 0 atom stereocenters. The van der Waals surface area contributed by atoms with E-state index in [1.165, 1.54) is 18.4 Å². The Morgan fingerprint density at radius 1 is 1.50 bits per heavy atom. The van der Waals surface area contributed by atoms with Gasteiger partial charge in [0.2, 0.25) is 0 Å². The van der Waals surface area contributed by atoms with Crippen molar-refractivity contribution in [1.29, 1.82) is 0 Å². The highest BCUT2D eigenvalue weighted by molar-refractivity contribution is 6.30. The molecule has 1 N–H and O–H groups in total. The highest BCUT2D eigenvalue weighted by atomic mass is 35.5. The van der Waals surface area contributed by atoms with Gasteiger partial charge in [-0.3, -0.25) is 4.99 Å². The highest BCUT2D eigenvalue weighted by Crippen LogP contribution is 2.27. The van der Waals surface area contributed by atoms with Gasteiger partial charge in [-0.05, 0) is 36.5 Å². The summed E-state index contributed by atoms with van der Waals surface area (Å²) in [4.78, 5) is 6.42. The molecule has 0 radical (unpaired) electrons. The van der Waals surface area contributed by atoms with Crippen molar-refractivity contribution >= 4 is 17.6 Å². The molecule has 1 fully saturated rings. The Balaban J connectivity index is 1.90. The predicted octanol–water partition coefficient (Wildman–Crippen LogP) is 2.76. The molecule has 0 amide bonds. The van der Waals surface area contributed by atoms with Crippen LogP contribution in [-0.2, 0) is 6.54 Å². The number of nitrogens with one attached hydrogen (secondary N) is 1. The first kappa shape index (κ1) is 13.2. The summed E-state index contributed by atoms with van der Waals surface area (Å²) in [6.45, 7) is 1.84.